The van der Waals surface area contributed by atoms with Gasteiger partial charge in [-0.1, -0.05) is 6.42 Å². The quantitative estimate of drug-likeness (QED) is 0.807. The van der Waals surface area contributed by atoms with Crippen molar-refractivity contribution in [1.29, 1.82) is 0 Å². The number of piperidine rings is 1. The first-order chi connectivity index (χ1) is 10.7. The van der Waals surface area contributed by atoms with Crippen molar-refractivity contribution in [3.8, 4) is 0 Å². The minimum atomic E-state index is -0.349. The summed E-state index contributed by atoms with van der Waals surface area (Å²) in [4.78, 5) is 17.7. The Kier molecular flexibility index (Phi) is 9.31. The van der Waals surface area contributed by atoms with E-state index in [2.05, 4.69) is 9.80 Å². The van der Waals surface area contributed by atoms with E-state index >= 15 is 0 Å². The van der Waals surface area contributed by atoms with E-state index in [1.165, 1.54) is 38.9 Å². The summed E-state index contributed by atoms with van der Waals surface area (Å²) in [6.45, 7) is 7.31. The van der Waals surface area contributed by atoms with E-state index in [1.807, 2.05) is 0 Å². The molecule has 1 amide bonds. The summed E-state index contributed by atoms with van der Waals surface area (Å²) in [6, 6.07) is 0. The fraction of sp³-hybridized carbons (Fsp3) is 0.941. The molecule has 24 heavy (non-hydrogen) atoms. The Morgan fingerprint density at radius 3 is 2.38 bits per heavy atom. The van der Waals surface area contributed by atoms with Crippen LogP contribution in [0.5, 0.6) is 0 Å². The molecule has 7 heteroatoms. The number of hydrogen-bond acceptors (Lipinski definition) is 4. The molecule has 0 aliphatic carbocycles. The number of likely N-dealkylation sites (tertiary alicyclic amines) is 2. The smallest absolute Gasteiger partial charge is 0.230 e. The largest absolute Gasteiger partial charge is 0.381 e. The molecule has 0 radical (unpaired) electrons. The molecule has 5 nitrogen and oxygen atoms in total. The van der Waals surface area contributed by atoms with Gasteiger partial charge in [-0.2, -0.15) is 0 Å². The van der Waals surface area contributed by atoms with Gasteiger partial charge in [-0.25, -0.2) is 0 Å². The van der Waals surface area contributed by atoms with Crippen LogP contribution in [0.3, 0.4) is 0 Å². The topological polar surface area (TPSA) is 58.8 Å². The monoisotopic (exact) mass is 381 g/mol. The molecule has 0 aromatic heterocycles. The second kappa shape index (κ2) is 10.2. The molecular formula is C17H33Cl2N3O2. The molecule has 142 valence electrons. The van der Waals surface area contributed by atoms with Crippen LogP contribution in [0, 0.1) is 11.3 Å². The molecule has 2 N–H and O–H groups in total. The molecule has 3 heterocycles. The van der Waals surface area contributed by atoms with Crippen molar-refractivity contribution in [3.63, 3.8) is 0 Å². The highest BCUT2D eigenvalue weighted by atomic mass is 35.5. The molecular weight excluding hydrogens is 349 g/mol. The van der Waals surface area contributed by atoms with Crippen molar-refractivity contribution in [3.05, 3.63) is 0 Å². The van der Waals surface area contributed by atoms with Crippen molar-refractivity contribution < 1.29 is 9.53 Å². The highest BCUT2D eigenvalue weighted by molar-refractivity contribution is 5.85. The fourth-order valence-corrected chi connectivity index (χ4v) is 4.28. The van der Waals surface area contributed by atoms with Gasteiger partial charge in [0.15, 0.2) is 0 Å². The number of carbonyl (C=O) groups is 1. The van der Waals surface area contributed by atoms with E-state index in [1.54, 1.807) is 0 Å². The molecule has 3 fully saturated rings. The summed E-state index contributed by atoms with van der Waals surface area (Å²) >= 11 is 0. The van der Waals surface area contributed by atoms with Crippen LogP contribution in [0.4, 0.5) is 0 Å². The van der Waals surface area contributed by atoms with Crippen LogP contribution < -0.4 is 5.73 Å². The molecule has 0 saturated carbocycles. The molecule has 1 unspecified atom stereocenters. The molecule has 1 atom stereocenters. The predicted molar refractivity (Wildman–Crippen MR) is 101 cm³/mol. The average molecular weight is 382 g/mol. The minimum Gasteiger partial charge on any atom is -0.381 e. The maximum absolute atomic E-state index is 13.0. The minimum absolute atomic E-state index is 0. The summed E-state index contributed by atoms with van der Waals surface area (Å²) in [5.74, 6) is 0.941. The lowest BCUT2D eigenvalue weighted by Gasteiger charge is -2.37. The highest BCUT2D eigenvalue weighted by Crippen LogP contribution is 2.33. The van der Waals surface area contributed by atoms with Gasteiger partial charge in [-0.3, -0.25) is 4.79 Å². The van der Waals surface area contributed by atoms with Gasteiger partial charge in [0.25, 0.3) is 0 Å². The van der Waals surface area contributed by atoms with E-state index < -0.39 is 0 Å². The van der Waals surface area contributed by atoms with Gasteiger partial charge in [0.05, 0.1) is 5.41 Å². The normalized spacial score (nSPS) is 27.2. The van der Waals surface area contributed by atoms with Gasteiger partial charge >= 0.3 is 0 Å². The molecule has 3 saturated heterocycles. The van der Waals surface area contributed by atoms with Crippen LogP contribution in [-0.2, 0) is 9.53 Å². The van der Waals surface area contributed by atoms with Crippen LogP contribution in [0.1, 0.15) is 38.5 Å². The molecule has 0 bridgehead atoms. The summed E-state index contributed by atoms with van der Waals surface area (Å²) in [6.07, 6.45) is 6.79. The highest BCUT2D eigenvalue weighted by Gasteiger charge is 2.43. The lowest BCUT2D eigenvalue weighted by atomic mass is 9.79. The maximum Gasteiger partial charge on any atom is 0.230 e. The van der Waals surface area contributed by atoms with Crippen molar-refractivity contribution in [1.82, 2.24) is 9.80 Å². The zero-order chi connectivity index (χ0) is 15.4. The van der Waals surface area contributed by atoms with E-state index in [4.69, 9.17) is 10.5 Å². The number of carbonyl (C=O) groups excluding carboxylic acids is 1. The van der Waals surface area contributed by atoms with E-state index in [9.17, 15) is 4.79 Å². The summed E-state index contributed by atoms with van der Waals surface area (Å²) in [5, 5.41) is 0. The van der Waals surface area contributed by atoms with Gasteiger partial charge in [0.1, 0.15) is 0 Å². The molecule has 0 aromatic rings. The van der Waals surface area contributed by atoms with E-state index in [0.717, 1.165) is 32.4 Å². The van der Waals surface area contributed by atoms with E-state index in [-0.39, 0.29) is 30.2 Å². The van der Waals surface area contributed by atoms with Gasteiger partial charge in [-0.05, 0) is 51.1 Å². The van der Waals surface area contributed by atoms with Crippen molar-refractivity contribution >= 4 is 30.7 Å². The molecule has 3 rings (SSSR count). The standard InChI is InChI=1S/C17H31N3O2.2ClH/c18-14-17(5-10-22-11-6-17)16(21)20-9-4-15(13-20)12-19-7-2-1-3-8-19;;/h15H,1-14,18H2;2*1H. The van der Waals surface area contributed by atoms with Crippen molar-refractivity contribution in [2.45, 2.75) is 38.5 Å². The third-order valence-electron chi connectivity index (χ3n) is 5.83. The zero-order valence-electron chi connectivity index (χ0n) is 14.6. The van der Waals surface area contributed by atoms with Crippen LogP contribution in [0.2, 0.25) is 0 Å². The Morgan fingerprint density at radius 2 is 1.75 bits per heavy atom. The van der Waals surface area contributed by atoms with Crippen LogP contribution in [0.15, 0.2) is 0 Å². The van der Waals surface area contributed by atoms with Crippen LogP contribution >= 0.6 is 24.8 Å². The first-order valence-corrected chi connectivity index (χ1v) is 9.03. The number of nitrogens with two attached hydrogens (primary N) is 1. The van der Waals surface area contributed by atoms with Crippen LogP contribution in [-0.4, -0.2) is 68.2 Å². The number of halogens is 2. The number of amides is 1. The van der Waals surface area contributed by atoms with Gasteiger partial charge in [-0.15, -0.1) is 24.8 Å². The maximum atomic E-state index is 13.0. The van der Waals surface area contributed by atoms with Gasteiger partial charge in [0, 0.05) is 39.4 Å². The second-order valence-corrected chi connectivity index (χ2v) is 7.36. The van der Waals surface area contributed by atoms with Crippen molar-refractivity contribution in [2.75, 3.05) is 52.5 Å². The molecule has 3 aliphatic heterocycles. The Labute approximate surface area is 158 Å². The number of hydrogen-bond donors (Lipinski definition) is 1. The summed E-state index contributed by atoms with van der Waals surface area (Å²) in [7, 11) is 0. The number of nitrogens with zero attached hydrogens (tertiary/aromatic N) is 2. The molecule has 0 aromatic carbocycles. The number of ether oxygens (including phenoxy) is 1. The predicted octanol–water partition coefficient (Wildman–Crippen LogP) is 1.92. The van der Waals surface area contributed by atoms with Gasteiger partial charge < -0.3 is 20.3 Å². The Balaban J connectivity index is 0.00000144. The lowest BCUT2D eigenvalue weighted by molar-refractivity contribution is -0.146. The number of rotatable bonds is 4. The first-order valence-electron chi connectivity index (χ1n) is 9.03. The van der Waals surface area contributed by atoms with Crippen molar-refractivity contribution in [2.24, 2.45) is 17.1 Å². The summed E-state index contributed by atoms with van der Waals surface area (Å²) < 4.78 is 5.43. The molecule has 0 spiro atoms. The third kappa shape index (κ3) is 4.98. The van der Waals surface area contributed by atoms with Gasteiger partial charge in [0.2, 0.25) is 5.91 Å². The average Bonchev–Trinajstić information content (AvgIpc) is 3.04. The zero-order valence-corrected chi connectivity index (χ0v) is 16.2. The Bertz CT molecular complexity index is 386. The lowest BCUT2D eigenvalue weighted by Crippen LogP contribution is -2.50. The Hall–Kier alpha value is -0.0700. The fourth-order valence-electron chi connectivity index (χ4n) is 4.28. The third-order valence-corrected chi connectivity index (χ3v) is 5.83. The SMILES string of the molecule is Cl.Cl.NCC1(C(=O)N2CCC(CN3CCCCC3)C2)CCOCC1. The summed E-state index contributed by atoms with van der Waals surface area (Å²) in [5.41, 5.74) is 5.63. The second-order valence-electron chi connectivity index (χ2n) is 7.36. The first kappa shape index (κ1) is 22.0. The molecule has 3 aliphatic rings. The Morgan fingerprint density at radius 1 is 1.08 bits per heavy atom. The van der Waals surface area contributed by atoms with Crippen LogP contribution in [0.25, 0.3) is 0 Å². The van der Waals surface area contributed by atoms with E-state index in [0.29, 0.717) is 31.6 Å².